The summed E-state index contributed by atoms with van der Waals surface area (Å²) in [7, 11) is -2.34. The Hall–Kier alpha value is -9.20. The van der Waals surface area contributed by atoms with Crippen molar-refractivity contribution in [2.75, 3.05) is 24.7 Å². The van der Waals surface area contributed by atoms with Crippen LogP contribution in [-0.2, 0) is 33.1 Å². The zero-order chi connectivity index (χ0) is 68.2. The fourth-order valence-electron chi connectivity index (χ4n) is 12.5. The number of aliphatic hydroxyl groups excluding tert-OH is 1. The Morgan fingerprint density at radius 3 is 1.03 bits per heavy atom. The van der Waals surface area contributed by atoms with Gasteiger partial charge in [0.25, 0.3) is 0 Å². The first-order valence-corrected chi connectivity index (χ1v) is 38.3. The molecule has 5 N–H and O–H groups in total. The zero-order valence-corrected chi connectivity index (χ0v) is 57.7. The number of nitrogens with zero attached hydrogens (tertiary/aromatic N) is 2. The number of nitrogen functional groups attached to an aromatic ring is 2. The summed E-state index contributed by atoms with van der Waals surface area (Å²) in [5, 5.41) is 15.8. The summed E-state index contributed by atoms with van der Waals surface area (Å²) in [6.45, 7) is 15.3. The van der Waals surface area contributed by atoms with Crippen LogP contribution in [-0.4, -0.2) is 107 Å². The zero-order valence-electron chi connectivity index (χ0n) is 54.9. The average Bonchev–Trinajstić information content (AvgIpc) is 0.710. The van der Waals surface area contributed by atoms with Crippen molar-refractivity contribution in [3.05, 3.63) is 267 Å². The van der Waals surface area contributed by atoms with Gasteiger partial charge in [-0.2, -0.15) is 0 Å². The number of amides is 2. The van der Waals surface area contributed by atoms with Crippen molar-refractivity contribution in [1.29, 1.82) is 0 Å². The Morgan fingerprint density at radius 2 is 0.768 bits per heavy atom. The molecular formula is C78H84N4O10P2Si. The minimum absolute atomic E-state index is 0.0257. The second kappa shape index (κ2) is 30.5. The molecule has 2 saturated heterocycles. The first-order valence-electron chi connectivity index (χ1n) is 31.8. The maximum atomic E-state index is 15.0. The lowest BCUT2D eigenvalue weighted by atomic mass is 9.79. The second-order valence-corrected chi connectivity index (χ2v) is 36.6. The van der Waals surface area contributed by atoms with Gasteiger partial charge in [-0.1, -0.05) is 228 Å². The fraction of sp³-hybridized carbons (Fsp3) is 0.231. The molecule has 10 rings (SSSR count). The molecule has 17 heteroatoms. The molecule has 0 unspecified atom stereocenters. The quantitative estimate of drug-likeness (QED) is 0.00982. The highest BCUT2D eigenvalue weighted by atomic mass is 31.2. The van der Waals surface area contributed by atoms with Crippen molar-refractivity contribution in [3.63, 3.8) is 0 Å². The number of rotatable bonds is 24. The van der Waals surface area contributed by atoms with Gasteiger partial charge in [0.15, 0.2) is 19.9 Å². The van der Waals surface area contributed by atoms with E-state index in [1.807, 2.05) is 189 Å². The molecule has 95 heavy (non-hydrogen) atoms. The van der Waals surface area contributed by atoms with Gasteiger partial charge in [0.2, 0.25) is 11.8 Å². The normalized spacial score (nSPS) is 16.9. The van der Waals surface area contributed by atoms with Gasteiger partial charge < -0.3 is 40.3 Å². The number of Topliss-reactive ketones (excluding diaryl/α,β-unsaturated/α-hetero) is 2. The SMILES string of the molecule is C=CCOC(=O)C(N1C(=O)[C@H]([C@@H](C)O)[C@H]1CC(=O)c1ccc(N)cc1)=P(c1ccccc1)(c1ccccc1)c1ccccc1.C=CCOC(=O)C(N1C(=O)[C@H]([C@@H](C)O[Si](C)(C)C(C)(C)C)[C@H]1CC(=O)c1ccc(N)cc1)=P(c1ccccc1)(c1ccccc1)c1ccccc1. The van der Waals surface area contributed by atoms with Crippen molar-refractivity contribution in [3.8, 4) is 0 Å². The molecule has 2 amide bonds. The van der Waals surface area contributed by atoms with Gasteiger partial charge in [-0.3, -0.25) is 19.2 Å². The van der Waals surface area contributed by atoms with E-state index < -0.39 is 76.1 Å². The standard InChI is InChI=1S/C42H49N2O5PSi.C36H35N2O5P/c1-8-28-48-41(47)40(50(33-18-12-9-13-19-33,34-20-14-10-15-21-34)35-22-16-11-17-23-35)44-36(29-37(45)31-24-26-32(43)27-25-31)38(39(44)46)30(2)49-51(6,7)42(3,4)5;1-3-23-43-36(42)35(38-31(33(25(2)39)34(38)41)24-32(40)26-19-21-27(37)22-20-26)44(28-13-7-4-8-14-28,29-15-9-5-10-16-29)30-17-11-6-12-18-30/h8-27,30,36,38H,1,28-29,43H2,2-7H3;3-22,25,31,33,39H,1,23-24,37H2,2H3/t30-,36-,38-;25-,31-,33-/m11/s1. The molecule has 0 radical (unpaired) electrons. The van der Waals surface area contributed by atoms with E-state index >= 15 is 0 Å². The number of β-lactam (4-membered cyclic amide) rings is 2. The summed E-state index contributed by atoms with van der Waals surface area (Å²) in [5.74, 6) is -3.99. The number of ketones is 2. The lowest BCUT2D eigenvalue weighted by molar-refractivity contribution is -0.157. The Labute approximate surface area is 559 Å². The number of likely N-dealkylation sites (tertiary alicyclic amines) is 2. The van der Waals surface area contributed by atoms with Crippen LogP contribution in [0.1, 0.15) is 68.2 Å². The molecule has 0 saturated carbocycles. The lowest BCUT2D eigenvalue weighted by Crippen LogP contribution is -2.69. The second-order valence-electron chi connectivity index (χ2n) is 25.2. The number of hydrogen-bond donors (Lipinski definition) is 3. The molecular weight excluding hydrogens is 1240 g/mol. The van der Waals surface area contributed by atoms with E-state index in [1.165, 1.54) is 24.0 Å². The summed E-state index contributed by atoms with van der Waals surface area (Å²) in [4.78, 5) is 89.1. The van der Waals surface area contributed by atoms with E-state index in [1.54, 1.807) is 53.4 Å². The third-order valence-electron chi connectivity index (χ3n) is 18.1. The van der Waals surface area contributed by atoms with Crippen molar-refractivity contribution >= 4 is 111 Å². The molecule has 0 bridgehead atoms. The summed E-state index contributed by atoms with van der Waals surface area (Å²) >= 11 is 0. The Bertz CT molecular complexity index is 3960. The topological polar surface area (TPSA) is 209 Å². The van der Waals surface area contributed by atoms with Gasteiger partial charge in [0.05, 0.1) is 36.1 Å². The lowest BCUT2D eigenvalue weighted by Gasteiger charge is -2.53. The summed E-state index contributed by atoms with van der Waals surface area (Å²) < 4.78 is 18.5. The minimum atomic E-state index is -3.15. The van der Waals surface area contributed by atoms with Crippen molar-refractivity contribution in [1.82, 2.24) is 9.80 Å². The van der Waals surface area contributed by atoms with Crippen LogP contribution in [0.2, 0.25) is 18.1 Å². The first kappa shape index (κ1) is 70.1. The van der Waals surface area contributed by atoms with Crippen LogP contribution in [0.15, 0.2) is 256 Å². The van der Waals surface area contributed by atoms with E-state index in [0.717, 1.165) is 31.8 Å². The maximum absolute atomic E-state index is 15.0. The van der Waals surface area contributed by atoms with Crippen molar-refractivity contribution < 1.29 is 47.8 Å². The number of ether oxygens (including phenoxy) is 2. The van der Waals surface area contributed by atoms with E-state index in [4.69, 9.17) is 25.4 Å². The van der Waals surface area contributed by atoms with Gasteiger partial charge >= 0.3 is 11.9 Å². The van der Waals surface area contributed by atoms with Gasteiger partial charge in [-0.25, -0.2) is 9.59 Å². The number of hydrogen-bond acceptors (Lipinski definition) is 12. The van der Waals surface area contributed by atoms with Crippen molar-refractivity contribution in [2.45, 2.75) is 89.9 Å². The predicted octanol–water partition coefficient (Wildman–Crippen LogP) is 10.8. The molecule has 0 spiro atoms. The van der Waals surface area contributed by atoms with Gasteiger partial charge in [-0.05, 0) is 112 Å². The Kier molecular flexibility index (Phi) is 22.5. The maximum Gasteiger partial charge on any atom is 0.356 e. The molecule has 14 nitrogen and oxygen atoms in total. The van der Waals surface area contributed by atoms with E-state index in [9.17, 15) is 33.9 Å². The fourth-order valence-corrected chi connectivity index (χ4v) is 22.8. The molecule has 0 aromatic heterocycles. The summed E-state index contributed by atoms with van der Waals surface area (Å²) in [6, 6.07) is 70.2. The van der Waals surface area contributed by atoms with Crippen molar-refractivity contribution in [2.24, 2.45) is 11.8 Å². The highest BCUT2D eigenvalue weighted by molar-refractivity contribution is 7.97. The average molecular weight is 1330 g/mol. The number of benzene rings is 8. The molecule has 2 fully saturated rings. The number of carbonyl (C=O) groups is 6. The van der Waals surface area contributed by atoms with E-state index in [2.05, 4.69) is 47.0 Å². The van der Waals surface area contributed by atoms with Crippen LogP contribution >= 0.6 is 13.8 Å². The number of nitrogens with two attached hydrogens (primary N) is 2. The van der Waals surface area contributed by atoms with E-state index in [0.29, 0.717) is 22.5 Å². The number of carbonyl (C=O) groups excluding carboxylic acids is 6. The molecule has 490 valence electrons. The third kappa shape index (κ3) is 14.4. The van der Waals surface area contributed by atoms with Gasteiger partial charge in [0.1, 0.15) is 24.0 Å². The van der Waals surface area contributed by atoms with Crippen LogP contribution in [0.5, 0.6) is 0 Å². The molecule has 2 aliphatic heterocycles. The molecule has 2 aliphatic rings. The first-order chi connectivity index (χ1) is 45.5. The van der Waals surface area contributed by atoms with Crippen LogP contribution in [0.3, 0.4) is 0 Å². The van der Waals surface area contributed by atoms with Gasteiger partial charge in [-0.15, -0.1) is 0 Å². The highest BCUT2D eigenvalue weighted by Gasteiger charge is 2.58. The summed E-state index contributed by atoms with van der Waals surface area (Å²) in [5.41, 5.74) is 14.1. The highest BCUT2D eigenvalue weighted by Crippen LogP contribution is 2.52. The van der Waals surface area contributed by atoms with Gasteiger partial charge in [0, 0.05) is 49.1 Å². The van der Waals surface area contributed by atoms with E-state index in [-0.39, 0.29) is 59.4 Å². The molecule has 2 heterocycles. The molecule has 8 aromatic carbocycles. The molecule has 0 aliphatic carbocycles. The number of esters is 2. The molecule has 6 atom stereocenters. The van der Waals surface area contributed by atoms with Crippen LogP contribution in [0.25, 0.3) is 0 Å². The van der Waals surface area contributed by atoms with Crippen LogP contribution < -0.4 is 43.3 Å². The Morgan fingerprint density at radius 1 is 0.495 bits per heavy atom. The van der Waals surface area contributed by atoms with Crippen LogP contribution in [0, 0.1) is 11.8 Å². The Balaban J connectivity index is 0.000000226. The number of anilines is 2. The molecule has 8 aromatic rings. The monoisotopic (exact) mass is 1330 g/mol. The minimum Gasteiger partial charge on any atom is -0.457 e. The number of aliphatic hydroxyl groups is 1. The predicted molar refractivity (Wildman–Crippen MR) is 390 cm³/mol. The smallest absolute Gasteiger partial charge is 0.356 e. The summed E-state index contributed by atoms with van der Waals surface area (Å²) in [6.07, 6.45) is 1.29. The van der Waals surface area contributed by atoms with Crippen LogP contribution in [0.4, 0.5) is 11.4 Å². The largest absolute Gasteiger partial charge is 0.457 e. The third-order valence-corrected chi connectivity index (χ3v) is 31.2.